The van der Waals surface area contributed by atoms with Gasteiger partial charge in [-0.25, -0.2) is 0 Å². The number of hydrogen-bond donors (Lipinski definition) is 3. The molecule has 1 unspecified atom stereocenters. The Morgan fingerprint density at radius 2 is 2.09 bits per heavy atom. The van der Waals surface area contributed by atoms with Crippen LogP contribution in [0, 0.1) is 5.92 Å². The first-order valence-electron chi connectivity index (χ1n) is 4.44. The summed E-state index contributed by atoms with van der Waals surface area (Å²) in [4.78, 5) is 0. The highest BCUT2D eigenvalue weighted by atomic mass is 16.3. The number of aliphatic hydroxyl groups excluding tert-OH is 1. The molecule has 11 heavy (non-hydrogen) atoms. The molecule has 3 heteroatoms. The third-order valence-corrected chi connectivity index (χ3v) is 2.43. The lowest BCUT2D eigenvalue weighted by atomic mass is 10.0. The van der Waals surface area contributed by atoms with Gasteiger partial charge in [-0.3, -0.25) is 11.3 Å². The van der Waals surface area contributed by atoms with Gasteiger partial charge in [0, 0.05) is 6.54 Å². The van der Waals surface area contributed by atoms with Crippen molar-refractivity contribution in [3.63, 3.8) is 0 Å². The van der Waals surface area contributed by atoms with E-state index in [0.29, 0.717) is 6.54 Å². The molecule has 0 radical (unpaired) electrons. The van der Waals surface area contributed by atoms with Gasteiger partial charge in [-0.2, -0.15) is 0 Å². The van der Waals surface area contributed by atoms with Gasteiger partial charge in [0.1, 0.15) is 0 Å². The molecule has 0 saturated heterocycles. The topological polar surface area (TPSA) is 58.3 Å². The Balaban J connectivity index is 2.08. The first-order chi connectivity index (χ1) is 5.33. The first-order valence-corrected chi connectivity index (χ1v) is 4.44. The molecule has 0 heterocycles. The molecule has 0 aromatic carbocycles. The Bertz CT molecular complexity index is 102. The summed E-state index contributed by atoms with van der Waals surface area (Å²) in [5, 5.41) is 9.37. The van der Waals surface area contributed by atoms with Gasteiger partial charge in [-0.05, 0) is 12.3 Å². The van der Waals surface area contributed by atoms with Gasteiger partial charge >= 0.3 is 0 Å². The number of rotatable bonds is 4. The zero-order chi connectivity index (χ0) is 8.10. The molecule has 1 aliphatic rings. The van der Waals surface area contributed by atoms with Gasteiger partial charge in [-0.15, -0.1) is 0 Å². The molecular formula is C8H18N2O. The average molecular weight is 158 g/mol. The van der Waals surface area contributed by atoms with Crippen molar-refractivity contribution in [2.75, 3.05) is 6.54 Å². The predicted octanol–water partition coefficient (Wildman–Crippen LogP) is 0.391. The van der Waals surface area contributed by atoms with E-state index in [1.807, 2.05) is 0 Å². The van der Waals surface area contributed by atoms with Crippen LogP contribution in [-0.2, 0) is 0 Å². The van der Waals surface area contributed by atoms with Crippen molar-refractivity contribution in [1.82, 2.24) is 5.43 Å². The number of nitrogens with two attached hydrogens (primary N) is 1. The van der Waals surface area contributed by atoms with Crippen LogP contribution in [-0.4, -0.2) is 17.8 Å². The van der Waals surface area contributed by atoms with E-state index in [4.69, 9.17) is 5.84 Å². The molecule has 3 nitrogen and oxygen atoms in total. The Hall–Kier alpha value is -0.120. The van der Waals surface area contributed by atoms with Crippen LogP contribution in [0.25, 0.3) is 0 Å². The standard InChI is InChI=1S/C8H18N2O/c9-10-6-8(11)5-7-3-1-2-4-7/h7-8,10-11H,1-6,9H2. The zero-order valence-electron chi connectivity index (χ0n) is 6.92. The number of aliphatic hydroxyl groups is 1. The molecule has 1 atom stereocenters. The van der Waals surface area contributed by atoms with E-state index in [0.717, 1.165) is 12.3 Å². The van der Waals surface area contributed by atoms with Crippen LogP contribution in [0.2, 0.25) is 0 Å². The summed E-state index contributed by atoms with van der Waals surface area (Å²) in [6.45, 7) is 0.524. The monoisotopic (exact) mass is 158 g/mol. The normalized spacial score (nSPS) is 22.4. The van der Waals surface area contributed by atoms with Crippen LogP contribution < -0.4 is 11.3 Å². The van der Waals surface area contributed by atoms with E-state index in [-0.39, 0.29) is 6.10 Å². The lowest BCUT2D eigenvalue weighted by Gasteiger charge is -2.14. The molecule has 0 bridgehead atoms. The Kier molecular flexibility index (Phi) is 3.83. The Morgan fingerprint density at radius 3 is 2.64 bits per heavy atom. The predicted molar refractivity (Wildman–Crippen MR) is 44.8 cm³/mol. The third kappa shape index (κ3) is 3.18. The minimum absolute atomic E-state index is 0.247. The molecule has 1 fully saturated rings. The molecule has 4 N–H and O–H groups in total. The van der Waals surface area contributed by atoms with Crippen molar-refractivity contribution < 1.29 is 5.11 Å². The lowest BCUT2D eigenvalue weighted by Crippen LogP contribution is -2.32. The molecule has 1 rings (SSSR count). The van der Waals surface area contributed by atoms with Crippen LogP contribution in [0.1, 0.15) is 32.1 Å². The number of hydrogen-bond acceptors (Lipinski definition) is 3. The second kappa shape index (κ2) is 4.70. The SMILES string of the molecule is NNCC(O)CC1CCCC1. The second-order valence-electron chi connectivity index (χ2n) is 3.45. The van der Waals surface area contributed by atoms with Crippen LogP contribution in [0.5, 0.6) is 0 Å². The summed E-state index contributed by atoms with van der Waals surface area (Å²) in [5.41, 5.74) is 2.49. The fraction of sp³-hybridized carbons (Fsp3) is 1.00. The van der Waals surface area contributed by atoms with Gasteiger partial charge in [0.15, 0.2) is 0 Å². The van der Waals surface area contributed by atoms with Crippen LogP contribution >= 0.6 is 0 Å². The molecule has 66 valence electrons. The first kappa shape index (κ1) is 8.97. The highest BCUT2D eigenvalue weighted by Crippen LogP contribution is 2.28. The lowest BCUT2D eigenvalue weighted by molar-refractivity contribution is 0.141. The van der Waals surface area contributed by atoms with E-state index in [1.165, 1.54) is 25.7 Å². The van der Waals surface area contributed by atoms with Gasteiger partial charge in [0.05, 0.1) is 6.10 Å². The molecule has 0 aliphatic heterocycles. The second-order valence-corrected chi connectivity index (χ2v) is 3.45. The van der Waals surface area contributed by atoms with Gasteiger partial charge < -0.3 is 5.11 Å². The number of hydrazine groups is 1. The Morgan fingerprint density at radius 1 is 1.45 bits per heavy atom. The number of nitrogens with one attached hydrogen (secondary N) is 1. The van der Waals surface area contributed by atoms with Crippen molar-refractivity contribution in [3.05, 3.63) is 0 Å². The van der Waals surface area contributed by atoms with E-state index in [1.54, 1.807) is 0 Å². The van der Waals surface area contributed by atoms with Crippen molar-refractivity contribution in [2.24, 2.45) is 11.8 Å². The van der Waals surface area contributed by atoms with E-state index in [2.05, 4.69) is 5.43 Å². The fourth-order valence-corrected chi connectivity index (χ4v) is 1.85. The maximum atomic E-state index is 9.37. The summed E-state index contributed by atoms with van der Waals surface area (Å²) in [6.07, 6.45) is 5.94. The van der Waals surface area contributed by atoms with Crippen molar-refractivity contribution >= 4 is 0 Å². The zero-order valence-corrected chi connectivity index (χ0v) is 6.92. The van der Waals surface area contributed by atoms with E-state index >= 15 is 0 Å². The highest BCUT2D eigenvalue weighted by Gasteiger charge is 2.17. The average Bonchev–Trinajstić information content (AvgIpc) is 2.40. The molecule has 0 amide bonds. The van der Waals surface area contributed by atoms with Crippen LogP contribution in [0.15, 0.2) is 0 Å². The third-order valence-electron chi connectivity index (χ3n) is 2.43. The van der Waals surface area contributed by atoms with Crippen LogP contribution in [0.3, 0.4) is 0 Å². The summed E-state index contributed by atoms with van der Waals surface area (Å²) < 4.78 is 0. The highest BCUT2D eigenvalue weighted by molar-refractivity contribution is 4.71. The molecule has 0 spiro atoms. The largest absolute Gasteiger partial charge is 0.392 e. The van der Waals surface area contributed by atoms with Crippen molar-refractivity contribution in [3.8, 4) is 0 Å². The smallest absolute Gasteiger partial charge is 0.0681 e. The van der Waals surface area contributed by atoms with Gasteiger partial charge in [0.2, 0.25) is 0 Å². The maximum absolute atomic E-state index is 9.37. The molecule has 1 aliphatic carbocycles. The summed E-state index contributed by atoms with van der Waals surface area (Å²) in [6, 6.07) is 0. The van der Waals surface area contributed by atoms with E-state index < -0.39 is 0 Å². The molecular weight excluding hydrogens is 140 g/mol. The molecule has 0 aromatic heterocycles. The van der Waals surface area contributed by atoms with Crippen LogP contribution in [0.4, 0.5) is 0 Å². The minimum atomic E-state index is -0.247. The quantitative estimate of drug-likeness (QED) is 0.410. The van der Waals surface area contributed by atoms with Crippen molar-refractivity contribution in [1.29, 1.82) is 0 Å². The van der Waals surface area contributed by atoms with Gasteiger partial charge in [0.25, 0.3) is 0 Å². The van der Waals surface area contributed by atoms with Crippen molar-refractivity contribution in [2.45, 2.75) is 38.2 Å². The van der Waals surface area contributed by atoms with Gasteiger partial charge in [-0.1, -0.05) is 25.7 Å². The fourth-order valence-electron chi connectivity index (χ4n) is 1.85. The van der Waals surface area contributed by atoms with E-state index in [9.17, 15) is 5.11 Å². The maximum Gasteiger partial charge on any atom is 0.0681 e. The minimum Gasteiger partial charge on any atom is -0.392 e. The summed E-state index contributed by atoms with van der Waals surface area (Å²) in [5.74, 6) is 5.84. The summed E-state index contributed by atoms with van der Waals surface area (Å²) >= 11 is 0. The molecule has 1 saturated carbocycles. The molecule has 0 aromatic rings. The Labute approximate surface area is 67.9 Å². The summed E-state index contributed by atoms with van der Waals surface area (Å²) in [7, 11) is 0.